The van der Waals surface area contributed by atoms with Gasteiger partial charge in [-0.05, 0) is 150 Å². The largest absolute Gasteiger partial charge is 0.508 e. The molecule has 1 heterocycles. The average Bonchev–Trinajstić information content (AvgIpc) is 1.65. The summed E-state index contributed by atoms with van der Waals surface area (Å²) in [6, 6.07) is 14.9. The number of nitrogens with two attached hydrogens (primary N) is 6. The number of amides is 8. The Labute approximate surface area is 830 Å². The SMILES string of the molecule is CCCCCCCCCCCCCCCC(=O)N[C@H](C(=O)N[C@@H](Cc1ccc(O)cc1)C(=O)C[C@@H](CO)C(=O)N[C@H](C(=O)C[C@@H](CC(=O)O)C(=O)NC)[C@@H](C)O)[C@@H](C)O.CC[C@H](C)[C@H](CC(=O)[C@H](Cc1ccccc1)NC(=O)[C@H](CCSC)CC(=O)[C@H](Cc1c[nH]c2ccccc12)NC(=O)[C@H](CCCCN)CC(=O)[C@H](CCCN=C(N)N)NC(=O)[C@@H](CC(=O)[C@@H](C)CCCN=C(N)N)CC(C)C)C(N)=O. The third-order valence-electron chi connectivity index (χ3n) is 25.4. The zero-order chi connectivity index (χ0) is 104. The Morgan fingerprint density at radius 3 is 1.44 bits per heavy atom. The molecule has 0 bridgehead atoms. The van der Waals surface area contributed by atoms with Crippen LogP contribution in [0.5, 0.6) is 5.75 Å². The summed E-state index contributed by atoms with van der Waals surface area (Å²) in [7, 11) is 1.26. The van der Waals surface area contributed by atoms with Crippen molar-refractivity contribution in [1.82, 2.24) is 42.2 Å². The number of aliphatic hydroxyl groups is 3. The van der Waals surface area contributed by atoms with Crippen molar-refractivity contribution in [2.24, 2.45) is 97.6 Å². The van der Waals surface area contributed by atoms with Crippen molar-refractivity contribution in [3.8, 4) is 5.75 Å². The van der Waals surface area contributed by atoms with E-state index in [0.29, 0.717) is 75.8 Å². The number of para-hydroxylation sites is 1. The van der Waals surface area contributed by atoms with E-state index in [2.05, 4.69) is 59.1 Å². The fourth-order valence-corrected chi connectivity index (χ4v) is 17.3. The van der Waals surface area contributed by atoms with Gasteiger partial charge in [0.25, 0.3) is 0 Å². The van der Waals surface area contributed by atoms with Crippen LogP contribution in [0.15, 0.2) is 95.0 Å². The number of aliphatic hydroxyl groups excluding tert-OH is 3. The molecule has 0 unspecified atom stereocenters. The van der Waals surface area contributed by atoms with Crippen molar-refractivity contribution in [3.05, 3.63) is 102 Å². The number of H-pyrrole nitrogens is 1. The molecule has 37 heteroatoms. The molecule has 16 atom stereocenters. The molecule has 140 heavy (non-hydrogen) atoms. The number of carboxylic acid groups (broad SMARTS) is 1. The lowest BCUT2D eigenvalue weighted by molar-refractivity contribution is -0.142. The van der Waals surface area contributed by atoms with Crippen molar-refractivity contribution in [3.63, 3.8) is 0 Å². The predicted octanol–water partition coefficient (Wildman–Crippen LogP) is 7.91. The number of aromatic amines is 1. The third-order valence-corrected chi connectivity index (χ3v) is 26.1. The molecule has 0 saturated heterocycles. The van der Waals surface area contributed by atoms with Crippen LogP contribution >= 0.6 is 11.8 Å². The Kier molecular flexibility index (Phi) is 60.7. The molecule has 0 radical (unpaired) electrons. The maximum atomic E-state index is 15.0. The summed E-state index contributed by atoms with van der Waals surface area (Å²) < 4.78 is 0. The van der Waals surface area contributed by atoms with E-state index in [4.69, 9.17) is 34.4 Å². The number of hydrogen-bond donors (Lipinski definition) is 19. The maximum Gasteiger partial charge on any atom is 0.304 e. The average molecular weight is 1980 g/mol. The molecule has 0 saturated carbocycles. The fourth-order valence-electron chi connectivity index (χ4n) is 16.8. The van der Waals surface area contributed by atoms with Crippen LogP contribution in [0.3, 0.4) is 0 Å². The molecule has 4 rings (SSSR count). The van der Waals surface area contributed by atoms with E-state index in [1.807, 2.05) is 88.5 Å². The van der Waals surface area contributed by atoms with Crippen molar-refractivity contribution < 1.29 is 97.5 Å². The van der Waals surface area contributed by atoms with Crippen LogP contribution in [0.1, 0.15) is 271 Å². The summed E-state index contributed by atoms with van der Waals surface area (Å²) in [6.07, 6.45) is 17.1. The zero-order valence-electron chi connectivity index (χ0n) is 84.1. The van der Waals surface area contributed by atoms with Crippen LogP contribution in [-0.2, 0) is 91.2 Å². The van der Waals surface area contributed by atoms with Gasteiger partial charge in [0.1, 0.15) is 23.6 Å². The molecule has 0 spiro atoms. The van der Waals surface area contributed by atoms with Crippen molar-refractivity contribution in [2.75, 3.05) is 45.3 Å². The number of carbonyl (C=O) groups is 15. The number of carboxylic acids is 1. The number of aliphatic imine (C=N–C) groups is 2. The monoisotopic (exact) mass is 1980 g/mol. The topological polar surface area (TPSA) is 638 Å². The van der Waals surface area contributed by atoms with Crippen LogP contribution in [-0.4, -0.2) is 224 Å². The number of phenols is 1. The van der Waals surface area contributed by atoms with Crippen LogP contribution < -0.4 is 71.6 Å². The Morgan fingerprint density at radius 1 is 0.450 bits per heavy atom. The molecular formula is C103H164N16O20S. The number of aliphatic carboxylic acids is 1. The molecule has 0 aliphatic rings. The lowest BCUT2D eigenvalue weighted by Crippen LogP contribution is -2.56. The molecular weight excluding hydrogens is 1810 g/mol. The third kappa shape index (κ3) is 48.9. The minimum absolute atomic E-state index is 0.0329. The van der Waals surface area contributed by atoms with Crippen LogP contribution in [0, 0.1) is 53.3 Å². The summed E-state index contributed by atoms with van der Waals surface area (Å²) in [5.74, 6) is -15.8. The summed E-state index contributed by atoms with van der Waals surface area (Å²) >= 11 is 1.49. The lowest BCUT2D eigenvalue weighted by Gasteiger charge is -2.27. The highest BCUT2D eigenvalue weighted by atomic mass is 32.2. The number of nitrogens with one attached hydrogen (secondary N) is 8. The van der Waals surface area contributed by atoms with Gasteiger partial charge in [0.15, 0.2) is 40.8 Å². The van der Waals surface area contributed by atoms with Crippen LogP contribution in [0.4, 0.5) is 0 Å². The number of nitrogens with zero attached hydrogens (tertiary/aromatic N) is 2. The van der Waals surface area contributed by atoms with Gasteiger partial charge in [0.2, 0.25) is 47.3 Å². The number of phenolic OH excluding ortho intramolecular Hbond substituents is 1. The Morgan fingerprint density at radius 2 is 0.921 bits per heavy atom. The van der Waals surface area contributed by atoms with E-state index < -0.39 is 186 Å². The number of benzene rings is 3. The normalized spacial score (nSPS) is 14.7. The molecule has 782 valence electrons. The Balaban J connectivity index is 0.000000758. The first-order valence-electron chi connectivity index (χ1n) is 50.0. The smallest absolute Gasteiger partial charge is 0.304 e. The van der Waals surface area contributed by atoms with E-state index >= 15 is 4.79 Å². The molecule has 3 aromatic carbocycles. The number of rotatable bonds is 75. The number of aromatic nitrogens is 1. The number of Topliss-reactive ketones (excluding diaryl/α,β-unsaturated/α-hetero) is 6. The molecule has 8 amide bonds. The zero-order valence-corrected chi connectivity index (χ0v) is 84.9. The molecule has 4 aromatic rings. The number of guanidine groups is 2. The quantitative estimate of drug-likeness (QED) is 0.0113. The lowest BCUT2D eigenvalue weighted by atomic mass is 9.84. The van der Waals surface area contributed by atoms with Gasteiger partial charge in [-0.25, -0.2) is 0 Å². The van der Waals surface area contributed by atoms with Gasteiger partial charge < -0.3 is 102 Å². The van der Waals surface area contributed by atoms with Gasteiger partial charge in [0, 0.05) is 118 Å². The van der Waals surface area contributed by atoms with Gasteiger partial charge in [-0.3, -0.25) is 81.9 Å². The van der Waals surface area contributed by atoms with Crippen LogP contribution in [0.2, 0.25) is 0 Å². The molecule has 25 N–H and O–H groups in total. The first-order chi connectivity index (χ1) is 66.6. The molecule has 0 fully saturated rings. The van der Waals surface area contributed by atoms with Gasteiger partial charge >= 0.3 is 5.97 Å². The second-order valence-electron chi connectivity index (χ2n) is 37.7. The fraction of sp³-hybridized carbons (Fsp3) is 0.641. The molecule has 1 aromatic heterocycles. The minimum atomic E-state index is -1.62. The van der Waals surface area contributed by atoms with Crippen molar-refractivity contribution >= 4 is 123 Å². The van der Waals surface area contributed by atoms with E-state index in [0.717, 1.165) is 47.7 Å². The highest BCUT2D eigenvalue weighted by Gasteiger charge is 2.40. The van der Waals surface area contributed by atoms with Gasteiger partial charge in [-0.2, -0.15) is 11.8 Å². The molecule has 36 nitrogen and oxygen atoms in total. The number of ketones is 6. The molecule has 0 aliphatic heterocycles. The summed E-state index contributed by atoms with van der Waals surface area (Å²) in [6.45, 7) is 14.2. The van der Waals surface area contributed by atoms with Crippen molar-refractivity contribution in [1.29, 1.82) is 0 Å². The standard InChI is InChI=1S/C60H94N12O8S.C43H70N4O12/c1-7-38(4)46(55(62)77)35-54(76)49(30-40-18-9-8-10-19-40)71-57(79)42(24-28-81-6)33-53(75)50(31-44-36-69-47-22-12-11-21-45(44)47)72-56(78)41(20-13-14-25-61)32-52(74)48(23-16-27-68-60(65)66)70-58(80)43(29-37(2)3)34-51(73)39(5)17-15-26-67-59(63)64;1-5-6-7-8-9-10-11-12-13-14-15-16-17-18-37(54)46-40(29(3)50)43(59)45-34(23-30-19-21-33(51)22-20-30)35(52)25-32(27-48)42(58)47-39(28(2)49)36(53)24-31(26-38(55)56)41(57)44-4/h8-12,18-19,21-22,36-39,41-43,46,48-50,69H,7,13-17,20,23-35,61H2,1-6H3,(H2,62,77)(H,70,80)(H,71,79)(H,72,78)(H4,63,64,67)(H4,65,66,68);19-22,28-29,31-32,34,39-40,48-51H,5-18,23-27H2,1-4H3,(H,44,57)(H,45,59)(H,46,54)(H,47,58)(H,55,56)/t38-,39-,41+,42+,43+,46-,48-,49-,50-;28-,29-,31+,32+,34+,39+,40+/m01/s1. The highest BCUT2D eigenvalue weighted by Crippen LogP contribution is 2.29. The number of aromatic hydroxyl groups is 1. The predicted molar refractivity (Wildman–Crippen MR) is 544 cm³/mol. The minimum Gasteiger partial charge on any atom is -0.508 e. The van der Waals surface area contributed by atoms with Gasteiger partial charge in [-0.15, -0.1) is 0 Å². The summed E-state index contributed by atoms with van der Waals surface area (Å²) in [5.41, 5.74) is 36.7. The Hall–Kier alpha value is -11.0. The number of fused-ring (bicyclic) bond motifs is 1. The van der Waals surface area contributed by atoms with Gasteiger partial charge in [0.05, 0.1) is 61.2 Å². The van der Waals surface area contributed by atoms with E-state index in [9.17, 15) is 92.7 Å². The number of unbranched alkanes of at least 4 members (excludes halogenated alkanes) is 13. The molecule has 0 aliphatic carbocycles. The van der Waals surface area contributed by atoms with Crippen molar-refractivity contribution in [2.45, 2.75) is 322 Å². The van der Waals surface area contributed by atoms with Gasteiger partial charge in [-0.1, -0.05) is 192 Å². The summed E-state index contributed by atoms with van der Waals surface area (Å²) in [5, 5.41) is 69.4. The van der Waals surface area contributed by atoms with E-state index in [1.54, 1.807) is 13.1 Å². The maximum absolute atomic E-state index is 15.0. The Bertz CT molecular complexity index is 4540. The number of carbonyl (C=O) groups excluding carboxylic acids is 14. The number of thioether (sulfide) groups is 1. The summed E-state index contributed by atoms with van der Waals surface area (Å²) in [4.78, 5) is 215. The number of hydrogen-bond acceptors (Lipinski definition) is 23. The highest BCUT2D eigenvalue weighted by molar-refractivity contribution is 7.98. The van der Waals surface area contributed by atoms with E-state index in [-0.39, 0.29) is 124 Å². The second kappa shape index (κ2) is 69.0. The second-order valence-corrected chi connectivity index (χ2v) is 38.6. The number of primary amides is 1. The van der Waals surface area contributed by atoms with Crippen LogP contribution in [0.25, 0.3) is 10.9 Å². The van der Waals surface area contributed by atoms with E-state index in [1.165, 1.54) is 108 Å². The first kappa shape index (κ1) is 123. The first-order valence-corrected chi connectivity index (χ1v) is 51.4.